The first-order chi connectivity index (χ1) is 15.5. The lowest BCUT2D eigenvalue weighted by atomic mass is 10.0. The van der Waals surface area contributed by atoms with Gasteiger partial charge in [0.15, 0.2) is 5.82 Å². The van der Waals surface area contributed by atoms with Crippen LogP contribution in [0.2, 0.25) is 0 Å². The van der Waals surface area contributed by atoms with E-state index >= 15 is 0 Å². The molecule has 32 heavy (non-hydrogen) atoms. The molecule has 4 rings (SSSR count). The third-order valence-electron chi connectivity index (χ3n) is 5.54. The summed E-state index contributed by atoms with van der Waals surface area (Å²) in [7, 11) is -3.90. The number of nitrogens with one attached hydrogen (secondary N) is 2. The van der Waals surface area contributed by atoms with Crippen molar-refractivity contribution in [3.63, 3.8) is 0 Å². The van der Waals surface area contributed by atoms with Crippen LogP contribution in [0.3, 0.4) is 0 Å². The molecule has 0 aliphatic carbocycles. The Kier molecular flexibility index (Phi) is 7.07. The molecule has 0 radical (unpaired) electrons. The minimum atomic E-state index is -3.90. The van der Waals surface area contributed by atoms with Gasteiger partial charge in [0.2, 0.25) is 0 Å². The molecular weight excluding hydrogens is 427 g/mol. The first-order valence-electron chi connectivity index (χ1n) is 10.8. The van der Waals surface area contributed by atoms with Gasteiger partial charge in [-0.2, -0.15) is 0 Å². The molecule has 3 aromatic carbocycles. The van der Waals surface area contributed by atoms with E-state index in [4.69, 9.17) is 4.74 Å². The van der Waals surface area contributed by atoms with Crippen molar-refractivity contribution in [1.82, 2.24) is 5.32 Å². The van der Waals surface area contributed by atoms with Crippen molar-refractivity contribution in [1.29, 1.82) is 0 Å². The molecule has 0 bridgehead atoms. The Morgan fingerprint density at radius 3 is 2.50 bits per heavy atom. The van der Waals surface area contributed by atoms with E-state index in [1.165, 1.54) is 17.7 Å². The van der Waals surface area contributed by atoms with Gasteiger partial charge in [-0.05, 0) is 79.7 Å². The van der Waals surface area contributed by atoms with Gasteiger partial charge in [-0.1, -0.05) is 36.4 Å². The minimum Gasteiger partial charge on any atom is -0.493 e. The van der Waals surface area contributed by atoms with Crippen LogP contribution >= 0.6 is 0 Å². The summed E-state index contributed by atoms with van der Waals surface area (Å²) in [5.74, 6) is -0.302. The van der Waals surface area contributed by atoms with Crippen LogP contribution in [0.1, 0.15) is 23.1 Å². The summed E-state index contributed by atoms with van der Waals surface area (Å²) in [4.78, 5) is 0.138. The highest BCUT2D eigenvalue weighted by Crippen LogP contribution is 2.25. The molecule has 0 unspecified atom stereocenters. The van der Waals surface area contributed by atoms with Crippen molar-refractivity contribution in [3.05, 3.63) is 89.2 Å². The van der Waals surface area contributed by atoms with Crippen molar-refractivity contribution < 1.29 is 17.5 Å². The number of rotatable bonds is 8. The highest BCUT2D eigenvalue weighted by molar-refractivity contribution is 7.92. The fourth-order valence-corrected chi connectivity index (χ4v) is 4.92. The zero-order valence-corrected chi connectivity index (χ0v) is 18.6. The standard InChI is InChI=1S/C25H27FN2O3S/c26-24-18-22(31-16-4-7-19-5-2-1-3-6-19)9-11-25(24)28-32(29,30)23-10-8-20-12-14-27-15-13-21(20)17-23/h1-3,5-6,8-11,17-18,27-28H,4,7,12-16H2. The van der Waals surface area contributed by atoms with Crippen LogP contribution in [0.4, 0.5) is 10.1 Å². The third kappa shape index (κ3) is 5.66. The zero-order chi connectivity index (χ0) is 22.4. The smallest absolute Gasteiger partial charge is 0.261 e. The maximum Gasteiger partial charge on any atom is 0.261 e. The number of hydrogen-bond donors (Lipinski definition) is 2. The number of fused-ring (bicyclic) bond motifs is 1. The van der Waals surface area contributed by atoms with E-state index in [1.54, 1.807) is 18.2 Å². The Morgan fingerprint density at radius 2 is 1.72 bits per heavy atom. The highest BCUT2D eigenvalue weighted by Gasteiger charge is 2.19. The topological polar surface area (TPSA) is 67.4 Å². The number of halogens is 1. The van der Waals surface area contributed by atoms with Crippen LogP contribution in [0.5, 0.6) is 5.75 Å². The average Bonchev–Trinajstić information content (AvgIpc) is 3.04. The molecule has 3 aromatic rings. The van der Waals surface area contributed by atoms with Crippen LogP contribution in [0.25, 0.3) is 0 Å². The largest absolute Gasteiger partial charge is 0.493 e. The highest BCUT2D eigenvalue weighted by atomic mass is 32.2. The lowest BCUT2D eigenvalue weighted by molar-refractivity contribution is 0.309. The van der Waals surface area contributed by atoms with Crippen molar-refractivity contribution in [2.75, 3.05) is 24.4 Å². The molecule has 0 atom stereocenters. The maximum absolute atomic E-state index is 14.6. The molecule has 0 saturated carbocycles. The SMILES string of the molecule is O=S(=O)(Nc1ccc(OCCCc2ccccc2)cc1F)c1ccc2c(c1)CCNCC2. The summed E-state index contributed by atoms with van der Waals surface area (Å²) >= 11 is 0. The van der Waals surface area contributed by atoms with Crippen LogP contribution in [-0.2, 0) is 29.3 Å². The number of benzene rings is 3. The molecule has 0 aromatic heterocycles. The van der Waals surface area contributed by atoms with Crippen molar-refractivity contribution in [2.24, 2.45) is 0 Å². The monoisotopic (exact) mass is 454 g/mol. The van der Waals surface area contributed by atoms with Crippen molar-refractivity contribution >= 4 is 15.7 Å². The minimum absolute atomic E-state index is 0.0988. The molecule has 1 aliphatic heterocycles. The van der Waals surface area contributed by atoms with Crippen molar-refractivity contribution in [3.8, 4) is 5.75 Å². The molecule has 0 fully saturated rings. The lowest BCUT2D eigenvalue weighted by Gasteiger charge is -2.13. The van der Waals surface area contributed by atoms with Gasteiger partial charge in [-0.3, -0.25) is 4.72 Å². The number of ether oxygens (including phenoxy) is 1. The van der Waals surface area contributed by atoms with Crippen LogP contribution in [-0.4, -0.2) is 28.1 Å². The summed E-state index contributed by atoms with van der Waals surface area (Å²) in [6.45, 7) is 2.14. The van der Waals surface area contributed by atoms with E-state index in [-0.39, 0.29) is 10.6 Å². The number of hydrogen-bond acceptors (Lipinski definition) is 4. The molecule has 2 N–H and O–H groups in total. The molecule has 1 heterocycles. The molecular formula is C25H27FN2O3S. The molecule has 0 saturated heterocycles. The molecule has 5 nitrogen and oxygen atoms in total. The average molecular weight is 455 g/mol. The van der Waals surface area contributed by atoms with Gasteiger partial charge < -0.3 is 10.1 Å². The summed E-state index contributed by atoms with van der Waals surface area (Å²) in [5.41, 5.74) is 3.28. The molecule has 0 spiro atoms. The quantitative estimate of drug-likeness (QED) is 0.498. The van der Waals surface area contributed by atoms with Gasteiger partial charge in [0.1, 0.15) is 5.75 Å². The maximum atomic E-state index is 14.6. The normalized spacial score (nSPS) is 13.8. The van der Waals surface area contributed by atoms with E-state index < -0.39 is 15.8 Å². The Hall–Kier alpha value is -2.90. The van der Waals surface area contributed by atoms with Crippen molar-refractivity contribution in [2.45, 2.75) is 30.6 Å². The predicted molar refractivity (Wildman–Crippen MR) is 124 cm³/mol. The number of anilines is 1. The van der Waals surface area contributed by atoms with Gasteiger partial charge in [0.05, 0.1) is 17.2 Å². The third-order valence-corrected chi connectivity index (χ3v) is 6.90. The molecule has 0 amide bonds. The lowest BCUT2D eigenvalue weighted by Crippen LogP contribution is -2.16. The summed E-state index contributed by atoms with van der Waals surface area (Å²) in [6, 6.07) is 19.4. The van der Waals surface area contributed by atoms with Crippen LogP contribution < -0.4 is 14.8 Å². The van der Waals surface area contributed by atoms with Crippen LogP contribution in [0, 0.1) is 5.82 Å². The Morgan fingerprint density at radius 1 is 0.938 bits per heavy atom. The van der Waals surface area contributed by atoms with E-state index in [0.29, 0.717) is 12.4 Å². The first-order valence-corrected chi connectivity index (χ1v) is 12.3. The van der Waals surface area contributed by atoms with Gasteiger partial charge in [0, 0.05) is 6.07 Å². The molecule has 168 valence electrons. The van der Waals surface area contributed by atoms with Gasteiger partial charge >= 0.3 is 0 Å². The van der Waals surface area contributed by atoms with Gasteiger partial charge in [-0.25, -0.2) is 12.8 Å². The second kappa shape index (κ2) is 10.1. The van der Waals surface area contributed by atoms with E-state index in [0.717, 1.165) is 49.9 Å². The van der Waals surface area contributed by atoms with Gasteiger partial charge in [0.25, 0.3) is 10.0 Å². The summed E-state index contributed by atoms with van der Waals surface area (Å²) in [6.07, 6.45) is 3.31. The summed E-state index contributed by atoms with van der Waals surface area (Å²) < 4.78 is 48.2. The Bertz CT molecular complexity index is 1170. The molecule has 7 heteroatoms. The van der Waals surface area contributed by atoms with Gasteiger partial charge in [-0.15, -0.1) is 0 Å². The van der Waals surface area contributed by atoms with E-state index in [9.17, 15) is 12.8 Å². The fourth-order valence-electron chi connectivity index (χ4n) is 3.80. The van der Waals surface area contributed by atoms with E-state index in [2.05, 4.69) is 22.2 Å². The number of aryl methyl sites for hydroxylation is 1. The van der Waals surface area contributed by atoms with Crippen LogP contribution in [0.15, 0.2) is 71.6 Å². The Labute approximate surface area is 188 Å². The second-order valence-electron chi connectivity index (χ2n) is 7.87. The first kappa shape index (κ1) is 22.3. The predicted octanol–water partition coefficient (Wildman–Crippen LogP) is 4.33. The van der Waals surface area contributed by atoms with E-state index in [1.807, 2.05) is 24.3 Å². The zero-order valence-electron chi connectivity index (χ0n) is 17.8. The second-order valence-corrected chi connectivity index (χ2v) is 9.55. The number of sulfonamides is 1. The fraction of sp³-hybridized carbons (Fsp3) is 0.280. The summed E-state index contributed by atoms with van der Waals surface area (Å²) in [5, 5.41) is 3.30. The Balaban J connectivity index is 1.38. The molecule has 1 aliphatic rings.